The van der Waals surface area contributed by atoms with E-state index in [1.165, 1.54) is 5.56 Å². The monoisotopic (exact) mass is 273 g/mol. The highest BCUT2D eigenvalue weighted by Gasteiger charge is 2.13. The molecule has 1 N–H and O–H groups in total. The van der Waals surface area contributed by atoms with Gasteiger partial charge in [0.15, 0.2) is 0 Å². The Bertz CT molecular complexity index is 289. The molecule has 0 bridgehead atoms. The zero-order valence-corrected chi connectivity index (χ0v) is 10.8. The lowest BCUT2D eigenvalue weighted by Crippen LogP contribution is -2.32. The van der Waals surface area contributed by atoms with Crippen LogP contribution in [0.25, 0.3) is 0 Å². The van der Waals surface area contributed by atoms with Gasteiger partial charge in [-0.2, -0.15) is 0 Å². The average Bonchev–Trinajstić information content (AvgIpc) is 2.14. The van der Waals surface area contributed by atoms with Crippen LogP contribution in [0.4, 0.5) is 4.39 Å². The van der Waals surface area contributed by atoms with Crippen LogP contribution in [0.1, 0.15) is 19.4 Å². The number of nitrogens with one attached hydrogen (secondary N) is 1. The molecule has 0 aromatic heterocycles. The van der Waals surface area contributed by atoms with Gasteiger partial charge in [0.1, 0.15) is 5.67 Å². The molecule has 0 spiro atoms. The molecule has 0 radical (unpaired) electrons. The molecule has 0 aliphatic rings. The van der Waals surface area contributed by atoms with Crippen molar-refractivity contribution in [1.82, 2.24) is 5.32 Å². The molecule has 0 amide bonds. The van der Waals surface area contributed by atoms with Crippen molar-refractivity contribution in [2.75, 3.05) is 13.1 Å². The molecule has 0 fully saturated rings. The van der Waals surface area contributed by atoms with Gasteiger partial charge in [-0.05, 0) is 44.5 Å². The Kier molecular flexibility index (Phi) is 4.74. The van der Waals surface area contributed by atoms with Gasteiger partial charge in [-0.1, -0.05) is 28.1 Å². The number of hydrogen-bond donors (Lipinski definition) is 1. The summed E-state index contributed by atoms with van der Waals surface area (Å²) in [5, 5.41) is 3.10. The number of hydrogen-bond acceptors (Lipinski definition) is 1. The van der Waals surface area contributed by atoms with E-state index in [-0.39, 0.29) is 0 Å². The van der Waals surface area contributed by atoms with Crippen molar-refractivity contribution in [2.45, 2.75) is 25.9 Å². The smallest absolute Gasteiger partial charge is 0.117 e. The van der Waals surface area contributed by atoms with Crippen molar-refractivity contribution in [3.05, 3.63) is 34.3 Å². The van der Waals surface area contributed by atoms with Gasteiger partial charge < -0.3 is 5.32 Å². The molecule has 0 saturated heterocycles. The first-order valence-electron chi connectivity index (χ1n) is 5.11. The van der Waals surface area contributed by atoms with E-state index in [0.717, 1.165) is 17.4 Å². The third-order valence-corrected chi connectivity index (χ3v) is 2.58. The van der Waals surface area contributed by atoms with E-state index in [4.69, 9.17) is 0 Å². The molecule has 1 nitrogen and oxygen atoms in total. The van der Waals surface area contributed by atoms with Gasteiger partial charge in [-0.25, -0.2) is 4.39 Å². The van der Waals surface area contributed by atoms with Gasteiger partial charge in [-0.15, -0.1) is 0 Å². The third kappa shape index (κ3) is 5.90. The summed E-state index contributed by atoms with van der Waals surface area (Å²) >= 11 is 3.39. The maximum Gasteiger partial charge on any atom is 0.117 e. The molecular weight excluding hydrogens is 257 g/mol. The van der Waals surface area contributed by atoms with Crippen molar-refractivity contribution in [3.63, 3.8) is 0 Å². The first-order valence-corrected chi connectivity index (χ1v) is 5.91. The van der Waals surface area contributed by atoms with Crippen molar-refractivity contribution < 1.29 is 4.39 Å². The van der Waals surface area contributed by atoms with Crippen LogP contribution >= 0.6 is 15.9 Å². The molecule has 0 atom stereocenters. The van der Waals surface area contributed by atoms with Crippen LogP contribution in [0.15, 0.2) is 28.7 Å². The van der Waals surface area contributed by atoms with E-state index in [2.05, 4.69) is 33.4 Å². The molecule has 0 heterocycles. The van der Waals surface area contributed by atoms with Crippen LogP contribution in [0.2, 0.25) is 0 Å². The first-order chi connectivity index (χ1) is 6.97. The van der Waals surface area contributed by atoms with E-state index < -0.39 is 5.67 Å². The lowest BCUT2D eigenvalue weighted by molar-refractivity contribution is 0.211. The number of halogens is 2. The molecule has 1 rings (SSSR count). The van der Waals surface area contributed by atoms with Gasteiger partial charge in [0.25, 0.3) is 0 Å². The van der Waals surface area contributed by atoms with E-state index in [1.807, 2.05) is 12.1 Å². The Balaban J connectivity index is 2.23. The second-order valence-corrected chi connectivity index (χ2v) is 5.19. The van der Waals surface area contributed by atoms with Gasteiger partial charge >= 0.3 is 0 Å². The van der Waals surface area contributed by atoms with Gasteiger partial charge in [0.2, 0.25) is 0 Å². The fourth-order valence-electron chi connectivity index (χ4n) is 1.27. The van der Waals surface area contributed by atoms with Crippen molar-refractivity contribution >= 4 is 15.9 Å². The van der Waals surface area contributed by atoms with Crippen LogP contribution in [0, 0.1) is 0 Å². The SMILES string of the molecule is CC(C)(F)CNCCc1ccc(Br)cc1. The highest BCUT2D eigenvalue weighted by atomic mass is 79.9. The van der Waals surface area contributed by atoms with Crippen LogP contribution < -0.4 is 5.32 Å². The predicted octanol–water partition coefficient (Wildman–Crippen LogP) is 3.33. The highest BCUT2D eigenvalue weighted by molar-refractivity contribution is 9.10. The Labute approximate surface area is 99.2 Å². The van der Waals surface area contributed by atoms with E-state index in [0.29, 0.717) is 6.54 Å². The molecule has 1 aromatic carbocycles. The molecule has 1 aromatic rings. The predicted molar refractivity (Wildman–Crippen MR) is 65.9 cm³/mol. The standard InChI is InChI=1S/C12H17BrFN/c1-12(2,14)9-15-8-7-10-3-5-11(13)6-4-10/h3-6,15H,7-9H2,1-2H3. The molecule has 15 heavy (non-hydrogen) atoms. The van der Waals surface area contributed by atoms with Crippen LogP contribution in [0.3, 0.4) is 0 Å². The number of alkyl halides is 1. The minimum atomic E-state index is -1.13. The molecular formula is C12H17BrFN. The summed E-state index contributed by atoms with van der Waals surface area (Å²) < 4.78 is 14.2. The van der Waals surface area contributed by atoms with Crippen molar-refractivity contribution in [3.8, 4) is 0 Å². The average molecular weight is 274 g/mol. The van der Waals surface area contributed by atoms with E-state index in [1.54, 1.807) is 13.8 Å². The summed E-state index contributed by atoms with van der Waals surface area (Å²) in [4.78, 5) is 0. The van der Waals surface area contributed by atoms with Crippen molar-refractivity contribution in [1.29, 1.82) is 0 Å². The van der Waals surface area contributed by atoms with E-state index in [9.17, 15) is 4.39 Å². The zero-order chi connectivity index (χ0) is 11.3. The van der Waals surface area contributed by atoms with Gasteiger partial charge in [-0.3, -0.25) is 0 Å². The molecule has 0 unspecified atom stereocenters. The highest BCUT2D eigenvalue weighted by Crippen LogP contribution is 2.10. The van der Waals surface area contributed by atoms with Gasteiger partial charge in [0, 0.05) is 11.0 Å². The summed E-state index contributed by atoms with van der Waals surface area (Å²) in [5.41, 5.74) is 0.141. The summed E-state index contributed by atoms with van der Waals surface area (Å²) in [6, 6.07) is 8.20. The maximum absolute atomic E-state index is 13.1. The number of rotatable bonds is 5. The molecule has 0 saturated carbocycles. The van der Waals surface area contributed by atoms with Gasteiger partial charge in [0.05, 0.1) is 0 Å². The minimum absolute atomic E-state index is 0.406. The molecule has 0 aliphatic carbocycles. The molecule has 84 valence electrons. The second kappa shape index (κ2) is 5.61. The summed E-state index contributed by atoms with van der Waals surface area (Å²) in [7, 11) is 0. The molecule has 3 heteroatoms. The summed E-state index contributed by atoms with van der Waals surface area (Å²) in [5.74, 6) is 0. The second-order valence-electron chi connectivity index (χ2n) is 4.27. The van der Waals surface area contributed by atoms with Crippen LogP contribution in [-0.4, -0.2) is 18.8 Å². The fourth-order valence-corrected chi connectivity index (χ4v) is 1.53. The Morgan fingerprint density at radius 2 is 1.87 bits per heavy atom. The lowest BCUT2D eigenvalue weighted by atomic mass is 10.1. The van der Waals surface area contributed by atoms with Crippen LogP contribution in [-0.2, 0) is 6.42 Å². The number of benzene rings is 1. The summed E-state index contributed by atoms with van der Waals surface area (Å²) in [6.45, 7) is 4.39. The Morgan fingerprint density at radius 1 is 1.27 bits per heavy atom. The van der Waals surface area contributed by atoms with Crippen molar-refractivity contribution in [2.24, 2.45) is 0 Å². The molecule has 0 aliphatic heterocycles. The maximum atomic E-state index is 13.1. The fraction of sp³-hybridized carbons (Fsp3) is 0.500. The van der Waals surface area contributed by atoms with E-state index >= 15 is 0 Å². The zero-order valence-electron chi connectivity index (χ0n) is 9.19. The largest absolute Gasteiger partial charge is 0.313 e. The quantitative estimate of drug-likeness (QED) is 0.812. The Hall–Kier alpha value is -0.410. The third-order valence-electron chi connectivity index (χ3n) is 2.05. The summed E-state index contributed by atoms with van der Waals surface area (Å²) in [6.07, 6.45) is 0.934. The first kappa shape index (κ1) is 12.7. The topological polar surface area (TPSA) is 12.0 Å². The Morgan fingerprint density at radius 3 is 2.40 bits per heavy atom. The van der Waals surface area contributed by atoms with Crippen LogP contribution in [0.5, 0.6) is 0 Å². The lowest BCUT2D eigenvalue weighted by Gasteiger charge is -2.14. The minimum Gasteiger partial charge on any atom is -0.313 e. The normalized spacial score (nSPS) is 11.7.